The highest BCUT2D eigenvalue weighted by atomic mass is 16.5. The molecule has 0 saturated carbocycles. The Labute approximate surface area is 102 Å². The number of rotatable bonds is 6. The molecule has 1 unspecified atom stereocenters. The van der Waals surface area contributed by atoms with Gasteiger partial charge in [-0.05, 0) is 12.8 Å². The lowest BCUT2D eigenvalue weighted by atomic mass is 10.2. The fourth-order valence-corrected chi connectivity index (χ4v) is 1.87. The van der Waals surface area contributed by atoms with Crippen LogP contribution in [0.15, 0.2) is 0 Å². The molecule has 5 nitrogen and oxygen atoms in total. The van der Waals surface area contributed by atoms with Crippen molar-refractivity contribution in [1.29, 1.82) is 0 Å². The number of hydrogen-bond acceptors (Lipinski definition) is 3. The Hall–Kier alpha value is -1.10. The molecule has 0 bridgehead atoms. The van der Waals surface area contributed by atoms with E-state index in [0.29, 0.717) is 26.1 Å². The average molecular weight is 242 g/mol. The highest BCUT2D eigenvalue weighted by Gasteiger charge is 2.20. The van der Waals surface area contributed by atoms with Crippen LogP contribution in [0.4, 0.5) is 0 Å². The SMILES string of the molecule is CCC(=O)NCCN(CC1CCCO1)C(C)=O. The Balaban J connectivity index is 2.27. The van der Waals surface area contributed by atoms with Crippen LogP contribution in [0.5, 0.6) is 0 Å². The topological polar surface area (TPSA) is 58.6 Å². The molecule has 0 spiro atoms. The smallest absolute Gasteiger partial charge is 0.219 e. The van der Waals surface area contributed by atoms with Crippen molar-refractivity contribution in [2.75, 3.05) is 26.2 Å². The number of carbonyl (C=O) groups excluding carboxylic acids is 2. The number of nitrogens with one attached hydrogen (secondary N) is 1. The number of hydrogen-bond donors (Lipinski definition) is 1. The first kappa shape index (κ1) is 14.0. The first-order valence-corrected chi connectivity index (χ1v) is 6.27. The molecular weight excluding hydrogens is 220 g/mol. The largest absolute Gasteiger partial charge is 0.376 e. The second-order valence-electron chi connectivity index (χ2n) is 4.30. The lowest BCUT2D eigenvalue weighted by Crippen LogP contribution is -2.41. The fourth-order valence-electron chi connectivity index (χ4n) is 1.87. The van der Waals surface area contributed by atoms with Crippen LogP contribution >= 0.6 is 0 Å². The fraction of sp³-hybridized carbons (Fsp3) is 0.833. The van der Waals surface area contributed by atoms with Crippen molar-refractivity contribution < 1.29 is 14.3 Å². The van der Waals surface area contributed by atoms with E-state index in [-0.39, 0.29) is 17.9 Å². The van der Waals surface area contributed by atoms with Crippen LogP contribution in [-0.2, 0) is 14.3 Å². The molecule has 5 heteroatoms. The molecule has 98 valence electrons. The van der Waals surface area contributed by atoms with Gasteiger partial charge in [-0.15, -0.1) is 0 Å². The third-order valence-electron chi connectivity index (χ3n) is 2.92. The molecule has 1 aliphatic rings. The van der Waals surface area contributed by atoms with Gasteiger partial charge in [0.15, 0.2) is 0 Å². The van der Waals surface area contributed by atoms with Crippen LogP contribution in [0.2, 0.25) is 0 Å². The third-order valence-corrected chi connectivity index (χ3v) is 2.92. The molecule has 1 heterocycles. The third kappa shape index (κ3) is 5.17. The molecular formula is C12H22N2O3. The number of amides is 2. The monoisotopic (exact) mass is 242 g/mol. The van der Waals surface area contributed by atoms with E-state index >= 15 is 0 Å². The van der Waals surface area contributed by atoms with Gasteiger partial charge in [-0.25, -0.2) is 0 Å². The molecule has 1 aliphatic heterocycles. The second-order valence-corrected chi connectivity index (χ2v) is 4.30. The summed E-state index contributed by atoms with van der Waals surface area (Å²) in [6, 6.07) is 0. The minimum absolute atomic E-state index is 0.0191. The van der Waals surface area contributed by atoms with E-state index in [1.165, 1.54) is 0 Å². The summed E-state index contributed by atoms with van der Waals surface area (Å²) in [5.41, 5.74) is 0. The van der Waals surface area contributed by atoms with E-state index in [9.17, 15) is 9.59 Å². The Morgan fingerprint density at radius 3 is 2.76 bits per heavy atom. The molecule has 1 atom stereocenters. The van der Waals surface area contributed by atoms with Gasteiger partial charge in [0.05, 0.1) is 6.10 Å². The van der Waals surface area contributed by atoms with Gasteiger partial charge in [0, 0.05) is 39.6 Å². The standard InChI is InChI=1S/C12H22N2O3/c1-3-12(16)13-6-7-14(10(2)15)9-11-5-4-8-17-11/h11H,3-9H2,1-2H3,(H,13,16). The van der Waals surface area contributed by atoms with Gasteiger partial charge in [0.2, 0.25) is 11.8 Å². The molecule has 1 N–H and O–H groups in total. The first-order chi connectivity index (χ1) is 8.13. The predicted octanol–water partition coefficient (Wildman–Crippen LogP) is 0.540. The normalized spacial score (nSPS) is 19.1. The summed E-state index contributed by atoms with van der Waals surface area (Å²) < 4.78 is 5.50. The Morgan fingerprint density at radius 1 is 1.47 bits per heavy atom. The van der Waals surface area contributed by atoms with E-state index in [1.54, 1.807) is 11.8 Å². The maximum absolute atomic E-state index is 11.4. The zero-order chi connectivity index (χ0) is 12.7. The molecule has 1 fully saturated rings. The molecule has 17 heavy (non-hydrogen) atoms. The first-order valence-electron chi connectivity index (χ1n) is 6.27. The van der Waals surface area contributed by atoms with Crippen LogP contribution in [-0.4, -0.2) is 49.1 Å². The van der Waals surface area contributed by atoms with Crippen molar-refractivity contribution in [3.8, 4) is 0 Å². The van der Waals surface area contributed by atoms with Crippen LogP contribution < -0.4 is 5.32 Å². The van der Waals surface area contributed by atoms with Crippen molar-refractivity contribution in [3.05, 3.63) is 0 Å². The summed E-state index contributed by atoms with van der Waals surface area (Å²) >= 11 is 0. The van der Waals surface area contributed by atoms with Gasteiger partial charge >= 0.3 is 0 Å². The van der Waals surface area contributed by atoms with E-state index in [1.807, 2.05) is 6.92 Å². The maximum atomic E-state index is 11.4. The van der Waals surface area contributed by atoms with Crippen LogP contribution in [0.25, 0.3) is 0 Å². The summed E-state index contributed by atoms with van der Waals surface area (Å²) in [5, 5.41) is 2.77. The molecule has 0 aromatic carbocycles. The van der Waals surface area contributed by atoms with Crippen LogP contribution in [0.1, 0.15) is 33.1 Å². The Kier molecular flexibility index (Phi) is 5.97. The van der Waals surface area contributed by atoms with E-state index in [0.717, 1.165) is 19.4 Å². The van der Waals surface area contributed by atoms with Crippen molar-refractivity contribution in [2.24, 2.45) is 0 Å². The summed E-state index contributed by atoms with van der Waals surface area (Å²) in [6.07, 6.45) is 2.74. The van der Waals surface area contributed by atoms with Crippen molar-refractivity contribution in [1.82, 2.24) is 10.2 Å². The second kappa shape index (κ2) is 7.27. The quantitative estimate of drug-likeness (QED) is 0.739. The van der Waals surface area contributed by atoms with E-state index in [4.69, 9.17) is 4.74 Å². The van der Waals surface area contributed by atoms with Crippen LogP contribution in [0, 0.1) is 0 Å². The van der Waals surface area contributed by atoms with Gasteiger partial charge in [-0.2, -0.15) is 0 Å². The summed E-state index contributed by atoms with van der Waals surface area (Å²) in [4.78, 5) is 24.2. The lowest BCUT2D eigenvalue weighted by Gasteiger charge is -2.24. The van der Waals surface area contributed by atoms with Gasteiger partial charge < -0.3 is 15.0 Å². The van der Waals surface area contributed by atoms with E-state index < -0.39 is 0 Å². The molecule has 0 aromatic heterocycles. The van der Waals surface area contributed by atoms with Crippen molar-refractivity contribution >= 4 is 11.8 Å². The Bertz CT molecular complexity index is 262. The summed E-state index contributed by atoms with van der Waals surface area (Å²) in [5.74, 6) is 0.0527. The average Bonchev–Trinajstić information content (AvgIpc) is 2.80. The highest BCUT2D eigenvalue weighted by molar-refractivity contribution is 5.76. The zero-order valence-electron chi connectivity index (χ0n) is 10.7. The molecule has 0 aromatic rings. The van der Waals surface area contributed by atoms with Crippen molar-refractivity contribution in [3.63, 3.8) is 0 Å². The zero-order valence-corrected chi connectivity index (χ0v) is 10.7. The summed E-state index contributed by atoms with van der Waals surface area (Å²) in [6.45, 7) is 5.86. The van der Waals surface area contributed by atoms with Gasteiger partial charge in [0.1, 0.15) is 0 Å². The highest BCUT2D eigenvalue weighted by Crippen LogP contribution is 2.13. The summed E-state index contributed by atoms with van der Waals surface area (Å²) in [7, 11) is 0. The number of ether oxygens (including phenoxy) is 1. The molecule has 2 amide bonds. The van der Waals surface area contributed by atoms with Crippen LogP contribution in [0.3, 0.4) is 0 Å². The van der Waals surface area contributed by atoms with Gasteiger partial charge in [0.25, 0.3) is 0 Å². The predicted molar refractivity (Wildman–Crippen MR) is 64.5 cm³/mol. The molecule has 0 radical (unpaired) electrons. The lowest BCUT2D eigenvalue weighted by molar-refractivity contribution is -0.131. The van der Waals surface area contributed by atoms with Gasteiger partial charge in [-0.3, -0.25) is 9.59 Å². The molecule has 1 saturated heterocycles. The number of nitrogens with zero attached hydrogens (tertiary/aromatic N) is 1. The minimum Gasteiger partial charge on any atom is -0.376 e. The minimum atomic E-state index is 0.0191. The van der Waals surface area contributed by atoms with E-state index in [2.05, 4.69) is 5.32 Å². The molecule has 0 aliphatic carbocycles. The molecule has 1 rings (SSSR count). The van der Waals surface area contributed by atoms with Crippen molar-refractivity contribution in [2.45, 2.75) is 39.2 Å². The van der Waals surface area contributed by atoms with Gasteiger partial charge in [-0.1, -0.05) is 6.92 Å². The maximum Gasteiger partial charge on any atom is 0.219 e. The Morgan fingerprint density at radius 2 is 2.24 bits per heavy atom. The number of carbonyl (C=O) groups is 2.